The minimum absolute atomic E-state index is 0.827. The monoisotopic (exact) mass is 174 g/mol. The standard InChI is InChI=1S/C10H24NO/c1-5-9-11(7-3,10-6-2)12-8-4/h5-10H2,1-4H3/q+1. The zero-order chi connectivity index (χ0) is 9.45. The van der Waals surface area contributed by atoms with Crippen LogP contribution in [0.15, 0.2) is 0 Å². The van der Waals surface area contributed by atoms with Crippen molar-refractivity contribution in [1.29, 1.82) is 0 Å². The Morgan fingerprint density at radius 2 is 1.42 bits per heavy atom. The summed E-state index contributed by atoms with van der Waals surface area (Å²) in [4.78, 5) is 5.80. The zero-order valence-corrected chi connectivity index (χ0v) is 9.10. The number of hydrogen-bond acceptors (Lipinski definition) is 1. The average molecular weight is 174 g/mol. The van der Waals surface area contributed by atoms with Gasteiger partial charge in [0, 0.05) is 0 Å². The third kappa shape index (κ3) is 3.55. The number of hydrogen-bond donors (Lipinski definition) is 0. The summed E-state index contributed by atoms with van der Waals surface area (Å²) in [7, 11) is 0. The van der Waals surface area contributed by atoms with Crippen LogP contribution in [0.3, 0.4) is 0 Å². The lowest BCUT2D eigenvalue weighted by atomic mass is 10.3. The van der Waals surface area contributed by atoms with Crippen molar-refractivity contribution in [2.45, 2.75) is 40.5 Å². The second kappa shape index (κ2) is 6.44. The van der Waals surface area contributed by atoms with Crippen molar-refractivity contribution in [1.82, 2.24) is 0 Å². The Hall–Kier alpha value is -0.0800. The predicted molar refractivity (Wildman–Crippen MR) is 52.7 cm³/mol. The molecule has 0 saturated heterocycles. The van der Waals surface area contributed by atoms with Crippen LogP contribution in [0, 0.1) is 0 Å². The molecule has 0 heterocycles. The second-order valence-electron chi connectivity index (χ2n) is 3.24. The van der Waals surface area contributed by atoms with E-state index in [1.165, 1.54) is 12.8 Å². The van der Waals surface area contributed by atoms with Gasteiger partial charge < -0.3 is 0 Å². The first-order chi connectivity index (χ1) is 5.74. The van der Waals surface area contributed by atoms with E-state index in [0.717, 1.165) is 30.9 Å². The molecular formula is C10H24NO+. The Labute approximate surface area is 77.1 Å². The van der Waals surface area contributed by atoms with Gasteiger partial charge in [0.15, 0.2) is 0 Å². The Morgan fingerprint density at radius 3 is 1.67 bits per heavy atom. The maximum atomic E-state index is 5.80. The summed E-state index contributed by atoms with van der Waals surface area (Å²) in [5.74, 6) is 0. The van der Waals surface area contributed by atoms with Crippen LogP contribution in [0.5, 0.6) is 0 Å². The van der Waals surface area contributed by atoms with Gasteiger partial charge in [0.1, 0.15) is 26.2 Å². The summed E-state index contributed by atoms with van der Waals surface area (Å²) < 4.78 is 0.851. The number of hydroxylamine groups is 3. The zero-order valence-electron chi connectivity index (χ0n) is 9.10. The normalized spacial score (nSPS) is 12.0. The topological polar surface area (TPSA) is 9.23 Å². The minimum Gasteiger partial charge on any atom is -0.203 e. The highest BCUT2D eigenvalue weighted by molar-refractivity contribution is 4.32. The van der Waals surface area contributed by atoms with Gasteiger partial charge in [0.05, 0.1) is 0 Å². The number of nitrogens with zero attached hydrogens (tertiary/aromatic N) is 1. The van der Waals surface area contributed by atoms with Gasteiger partial charge in [-0.1, -0.05) is 13.8 Å². The van der Waals surface area contributed by atoms with Crippen LogP contribution in [0.25, 0.3) is 0 Å². The molecular weight excluding hydrogens is 150 g/mol. The van der Waals surface area contributed by atoms with E-state index in [0.29, 0.717) is 0 Å². The second-order valence-corrected chi connectivity index (χ2v) is 3.24. The van der Waals surface area contributed by atoms with Crippen molar-refractivity contribution in [2.75, 3.05) is 26.2 Å². The predicted octanol–water partition coefficient (Wildman–Crippen LogP) is 2.59. The van der Waals surface area contributed by atoms with E-state index in [1.54, 1.807) is 0 Å². The number of quaternary nitrogens is 1. The van der Waals surface area contributed by atoms with Gasteiger partial charge in [-0.3, -0.25) is 0 Å². The molecule has 0 aromatic carbocycles. The third-order valence-electron chi connectivity index (χ3n) is 2.24. The van der Waals surface area contributed by atoms with E-state index in [4.69, 9.17) is 4.84 Å². The first kappa shape index (κ1) is 11.9. The molecule has 0 spiro atoms. The smallest absolute Gasteiger partial charge is 0.109 e. The molecule has 0 fully saturated rings. The highest BCUT2D eigenvalue weighted by Gasteiger charge is 2.24. The Balaban J connectivity index is 4.06. The molecule has 0 aromatic heterocycles. The molecule has 0 aliphatic rings. The van der Waals surface area contributed by atoms with Gasteiger partial charge >= 0.3 is 0 Å². The van der Waals surface area contributed by atoms with Gasteiger partial charge in [0.2, 0.25) is 0 Å². The fraction of sp³-hybridized carbons (Fsp3) is 1.00. The van der Waals surface area contributed by atoms with Gasteiger partial charge in [-0.15, -0.1) is 0 Å². The van der Waals surface area contributed by atoms with Crippen LogP contribution in [0.4, 0.5) is 0 Å². The van der Waals surface area contributed by atoms with E-state index < -0.39 is 0 Å². The van der Waals surface area contributed by atoms with Crippen molar-refractivity contribution >= 4 is 0 Å². The Kier molecular flexibility index (Phi) is 6.39. The van der Waals surface area contributed by atoms with Crippen LogP contribution in [0.2, 0.25) is 0 Å². The lowest BCUT2D eigenvalue weighted by Crippen LogP contribution is -2.48. The van der Waals surface area contributed by atoms with Crippen LogP contribution >= 0.6 is 0 Å². The van der Waals surface area contributed by atoms with E-state index in [1.807, 2.05) is 0 Å². The van der Waals surface area contributed by atoms with E-state index >= 15 is 0 Å². The molecule has 0 aliphatic carbocycles. The van der Waals surface area contributed by atoms with Gasteiger partial charge in [-0.05, 0) is 26.7 Å². The SMILES string of the molecule is CCC[N+](CC)(CCC)OCC. The summed E-state index contributed by atoms with van der Waals surface area (Å²) in [5.41, 5.74) is 0. The first-order valence-corrected chi connectivity index (χ1v) is 5.25. The Morgan fingerprint density at radius 1 is 0.917 bits per heavy atom. The first-order valence-electron chi connectivity index (χ1n) is 5.25. The van der Waals surface area contributed by atoms with Crippen molar-refractivity contribution in [3.63, 3.8) is 0 Å². The van der Waals surface area contributed by atoms with Crippen molar-refractivity contribution in [3.05, 3.63) is 0 Å². The third-order valence-corrected chi connectivity index (χ3v) is 2.24. The molecule has 0 atom stereocenters. The summed E-state index contributed by atoms with van der Waals surface area (Å²) in [5, 5.41) is 0. The molecule has 12 heavy (non-hydrogen) atoms. The summed E-state index contributed by atoms with van der Waals surface area (Å²) in [6, 6.07) is 0. The van der Waals surface area contributed by atoms with E-state index in [9.17, 15) is 0 Å². The molecule has 0 saturated carbocycles. The Bertz CT molecular complexity index is 87.0. The molecule has 0 amide bonds. The molecule has 0 bridgehead atoms. The molecule has 0 radical (unpaired) electrons. The van der Waals surface area contributed by atoms with E-state index in [-0.39, 0.29) is 0 Å². The maximum Gasteiger partial charge on any atom is 0.109 e. The fourth-order valence-corrected chi connectivity index (χ4v) is 1.74. The molecule has 0 aromatic rings. The van der Waals surface area contributed by atoms with Crippen molar-refractivity contribution in [2.24, 2.45) is 0 Å². The molecule has 0 N–H and O–H groups in total. The highest BCUT2D eigenvalue weighted by Crippen LogP contribution is 2.10. The van der Waals surface area contributed by atoms with E-state index in [2.05, 4.69) is 27.7 Å². The van der Waals surface area contributed by atoms with Crippen molar-refractivity contribution < 1.29 is 9.48 Å². The highest BCUT2D eigenvalue weighted by atomic mass is 16.7. The minimum atomic E-state index is 0.827. The largest absolute Gasteiger partial charge is 0.203 e. The van der Waals surface area contributed by atoms with Crippen LogP contribution in [-0.4, -0.2) is 30.9 Å². The lowest BCUT2D eigenvalue weighted by Gasteiger charge is -2.33. The maximum absolute atomic E-state index is 5.80. The van der Waals surface area contributed by atoms with Crippen LogP contribution in [0.1, 0.15) is 40.5 Å². The molecule has 74 valence electrons. The van der Waals surface area contributed by atoms with Crippen LogP contribution < -0.4 is 0 Å². The van der Waals surface area contributed by atoms with Crippen LogP contribution in [-0.2, 0) is 4.84 Å². The summed E-state index contributed by atoms with van der Waals surface area (Å²) in [6.45, 7) is 12.9. The number of rotatable bonds is 7. The van der Waals surface area contributed by atoms with Gasteiger partial charge in [-0.25, -0.2) is 4.84 Å². The summed E-state index contributed by atoms with van der Waals surface area (Å²) >= 11 is 0. The molecule has 0 aliphatic heterocycles. The van der Waals surface area contributed by atoms with Crippen molar-refractivity contribution in [3.8, 4) is 0 Å². The summed E-state index contributed by atoms with van der Waals surface area (Å²) in [6.07, 6.45) is 2.40. The van der Waals surface area contributed by atoms with Gasteiger partial charge in [-0.2, -0.15) is 4.65 Å². The fourth-order valence-electron chi connectivity index (χ4n) is 1.74. The molecule has 0 rings (SSSR count). The molecule has 2 heteroatoms. The molecule has 2 nitrogen and oxygen atoms in total. The van der Waals surface area contributed by atoms with Gasteiger partial charge in [0.25, 0.3) is 0 Å². The lowest BCUT2D eigenvalue weighted by molar-refractivity contribution is -1.10. The average Bonchev–Trinajstić information content (AvgIpc) is 2.06. The quantitative estimate of drug-likeness (QED) is 0.426. The molecule has 0 unspecified atom stereocenters.